The van der Waals surface area contributed by atoms with Crippen LogP contribution in [0.3, 0.4) is 0 Å². The highest BCUT2D eigenvalue weighted by Crippen LogP contribution is 2.19. The van der Waals surface area contributed by atoms with E-state index in [0.29, 0.717) is 5.69 Å². The van der Waals surface area contributed by atoms with Gasteiger partial charge in [0.1, 0.15) is 5.82 Å². The van der Waals surface area contributed by atoms with Crippen LogP contribution in [0.1, 0.15) is 17.5 Å². The third kappa shape index (κ3) is 6.59. The molecule has 2 aromatic rings. The lowest BCUT2D eigenvalue weighted by atomic mass is 10.2. The number of amides is 1. The number of aryl methyl sites for hydroxylation is 1. The average molecular weight is 397 g/mol. The number of rotatable bonds is 7. The van der Waals surface area contributed by atoms with E-state index in [1.54, 1.807) is 0 Å². The largest absolute Gasteiger partial charge is 0.326 e. The van der Waals surface area contributed by atoms with Crippen LogP contribution < -0.4 is 10.0 Å². The minimum atomic E-state index is -3.65. The molecule has 0 radical (unpaired) electrons. The van der Waals surface area contributed by atoms with Gasteiger partial charge < -0.3 is 5.32 Å². The second-order valence-corrected chi connectivity index (χ2v) is 7.64. The number of benzene rings is 2. The molecule has 0 unspecified atom stereocenters. The smallest absolute Gasteiger partial charge is 0.233 e. The number of carbonyl (C=O) groups excluding carboxylic acids is 1. The molecule has 0 bridgehead atoms. The number of hydrogen-bond acceptors (Lipinski definition) is 3. The lowest BCUT2D eigenvalue weighted by molar-refractivity contribution is -0.116. The third-order valence-corrected chi connectivity index (χ3v) is 4.77. The van der Waals surface area contributed by atoms with Gasteiger partial charge in [-0.25, -0.2) is 17.5 Å². The zero-order chi connectivity index (χ0) is 19.2. The quantitative estimate of drug-likeness (QED) is 0.749. The molecule has 0 fully saturated rings. The zero-order valence-corrected chi connectivity index (χ0v) is 15.6. The van der Waals surface area contributed by atoms with Crippen molar-refractivity contribution in [1.82, 2.24) is 4.72 Å². The van der Waals surface area contributed by atoms with E-state index >= 15 is 0 Å². The Morgan fingerprint density at radius 1 is 1.19 bits per heavy atom. The first-order valence-electron chi connectivity index (χ1n) is 7.74. The molecule has 26 heavy (non-hydrogen) atoms. The molecule has 0 spiro atoms. The Labute approximate surface area is 156 Å². The van der Waals surface area contributed by atoms with Crippen molar-refractivity contribution >= 4 is 39.3 Å². The van der Waals surface area contributed by atoms with Crippen LogP contribution in [0, 0.1) is 12.7 Å². The summed E-state index contributed by atoms with van der Waals surface area (Å²) < 4.78 is 39.2. The molecular formula is C18H18ClFN2O3S. The normalized spacial score (nSPS) is 11.7. The van der Waals surface area contributed by atoms with Gasteiger partial charge in [-0.15, -0.1) is 0 Å². The number of sulfonamides is 1. The van der Waals surface area contributed by atoms with Gasteiger partial charge in [-0.3, -0.25) is 4.79 Å². The van der Waals surface area contributed by atoms with Gasteiger partial charge in [-0.2, -0.15) is 0 Å². The molecule has 1 amide bonds. The van der Waals surface area contributed by atoms with Crippen molar-refractivity contribution in [3.8, 4) is 0 Å². The summed E-state index contributed by atoms with van der Waals surface area (Å²) in [7, 11) is -3.65. The highest BCUT2D eigenvalue weighted by atomic mass is 35.5. The lowest BCUT2D eigenvalue weighted by Crippen LogP contribution is -2.26. The van der Waals surface area contributed by atoms with E-state index in [9.17, 15) is 17.6 Å². The molecule has 0 saturated carbocycles. The van der Waals surface area contributed by atoms with E-state index in [0.717, 1.165) is 22.6 Å². The van der Waals surface area contributed by atoms with Gasteiger partial charge in [0.05, 0.1) is 5.02 Å². The van der Waals surface area contributed by atoms with Crippen molar-refractivity contribution in [2.24, 2.45) is 0 Å². The summed E-state index contributed by atoms with van der Waals surface area (Å²) in [6.07, 6.45) is 1.40. The third-order valence-electron chi connectivity index (χ3n) is 3.38. The van der Waals surface area contributed by atoms with Crippen molar-refractivity contribution < 1.29 is 17.6 Å². The molecule has 2 rings (SSSR count). The fourth-order valence-electron chi connectivity index (χ4n) is 2.00. The first-order chi connectivity index (χ1) is 12.2. The van der Waals surface area contributed by atoms with E-state index in [1.807, 2.05) is 31.2 Å². The molecule has 0 aliphatic heterocycles. The van der Waals surface area contributed by atoms with Crippen LogP contribution in [-0.4, -0.2) is 20.9 Å². The van der Waals surface area contributed by atoms with Crippen LogP contribution in [0.25, 0.3) is 6.08 Å². The van der Waals surface area contributed by atoms with Crippen LogP contribution >= 0.6 is 11.6 Å². The molecule has 0 aliphatic rings. The Balaban J connectivity index is 1.82. The minimum Gasteiger partial charge on any atom is -0.326 e. The molecule has 2 N–H and O–H groups in total. The lowest BCUT2D eigenvalue weighted by Gasteiger charge is -2.06. The maximum absolute atomic E-state index is 13.1. The molecule has 0 atom stereocenters. The summed E-state index contributed by atoms with van der Waals surface area (Å²) >= 11 is 5.63. The molecule has 0 heterocycles. The molecule has 0 aromatic heterocycles. The summed E-state index contributed by atoms with van der Waals surface area (Å²) in [4.78, 5) is 11.8. The van der Waals surface area contributed by atoms with Crippen LogP contribution in [0.15, 0.2) is 47.9 Å². The predicted octanol–water partition coefficient (Wildman–Crippen LogP) is 3.71. The maximum atomic E-state index is 13.1. The second-order valence-electron chi connectivity index (χ2n) is 5.58. The highest BCUT2D eigenvalue weighted by molar-refractivity contribution is 7.92. The first-order valence-corrected chi connectivity index (χ1v) is 9.67. The first kappa shape index (κ1) is 20.1. The topological polar surface area (TPSA) is 75.3 Å². The minimum absolute atomic E-state index is 0.0681. The number of halogens is 2. The van der Waals surface area contributed by atoms with Crippen molar-refractivity contribution in [2.75, 3.05) is 11.9 Å². The van der Waals surface area contributed by atoms with E-state index in [4.69, 9.17) is 11.6 Å². The van der Waals surface area contributed by atoms with Crippen LogP contribution in [0.4, 0.5) is 10.1 Å². The fraction of sp³-hybridized carbons (Fsp3) is 0.167. The predicted molar refractivity (Wildman–Crippen MR) is 102 cm³/mol. The maximum Gasteiger partial charge on any atom is 0.233 e. The van der Waals surface area contributed by atoms with Gasteiger partial charge in [0.25, 0.3) is 0 Å². The molecule has 138 valence electrons. The number of hydrogen-bond donors (Lipinski definition) is 2. The summed E-state index contributed by atoms with van der Waals surface area (Å²) in [5.41, 5.74) is 2.17. The summed E-state index contributed by atoms with van der Waals surface area (Å²) in [6.45, 7) is 1.87. The Bertz CT molecular complexity index is 913. The molecule has 0 aliphatic carbocycles. The van der Waals surface area contributed by atoms with E-state index in [2.05, 4.69) is 10.0 Å². The number of nitrogens with one attached hydrogen (secondary N) is 2. The van der Waals surface area contributed by atoms with Gasteiger partial charge in [0.15, 0.2) is 0 Å². The van der Waals surface area contributed by atoms with Crippen molar-refractivity contribution in [3.63, 3.8) is 0 Å². The molecule has 5 nitrogen and oxygen atoms in total. The average Bonchev–Trinajstić information content (AvgIpc) is 2.57. The molecule has 8 heteroatoms. The van der Waals surface area contributed by atoms with Crippen LogP contribution in [0.5, 0.6) is 0 Å². The SMILES string of the molecule is Cc1ccc(/C=C/S(=O)(=O)NCCC(=O)Nc2ccc(F)c(Cl)c2)cc1. The van der Waals surface area contributed by atoms with Crippen molar-refractivity contribution in [3.05, 3.63) is 69.8 Å². The Morgan fingerprint density at radius 2 is 1.88 bits per heavy atom. The molecular weight excluding hydrogens is 379 g/mol. The van der Waals surface area contributed by atoms with Crippen molar-refractivity contribution in [1.29, 1.82) is 0 Å². The van der Waals surface area contributed by atoms with Gasteiger partial charge >= 0.3 is 0 Å². The zero-order valence-electron chi connectivity index (χ0n) is 14.0. The molecule has 2 aromatic carbocycles. The number of carbonyl (C=O) groups is 1. The standard InChI is InChI=1S/C18H18ClFN2O3S/c1-13-2-4-14(5-3-13)9-11-26(24,25)21-10-8-18(23)22-15-6-7-17(20)16(19)12-15/h2-7,9,11-12,21H,8,10H2,1H3,(H,22,23)/b11-9+. The highest BCUT2D eigenvalue weighted by Gasteiger charge is 2.08. The summed E-state index contributed by atoms with van der Waals surface area (Å²) in [6, 6.07) is 11.2. The monoisotopic (exact) mass is 396 g/mol. The van der Waals surface area contributed by atoms with E-state index in [-0.39, 0.29) is 18.0 Å². The Hall–Kier alpha value is -2.22. The van der Waals surface area contributed by atoms with Gasteiger partial charge in [0.2, 0.25) is 15.9 Å². The fourth-order valence-corrected chi connectivity index (χ4v) is 3.00. The van der Waals surface area contributed by atoms with Crippen LogP contribution in [-0.2, 0) is 14.8 Å². The van der Waals surface area contributed by atoms with Gasteiger partial charge in [-0.05, 0) is 36.8 Å². The Morgan fingerprint density at radius 3 is 2.54 bits per heavy atom. The van der Waals surface area contributed by atoms with E-state index in [1.165, 1.54) is 18.2 Å². The Kier molecular flexibility index (Phi) is 6.90. The second kappa shape index (κ2) is 8.93. The number of anilines is 1. The van der Waals surface area contributed by atoms with Gasteiger partial charge in [0, 0.05) is 24.1 Å². The van der Waals surface area contributed by atoms with Crippen molar-refractivity contribution in [2.45, 2.75) is 13.3 Å². The summed E-state index contributed by atoms with van der Waals surface area (Å²) in [5.74, 6) is -1.00. The van der Waals surface area contributed by atoms with Gasteiger partial charge in [-0.1, -0.05) is 41.4 Å². The van der Waals surface area contributed by atoms with E-state index < -0.39 is 21.7 Å². The molecule has 0 saturated heterocycles. The summed E-state index contributed by atoms with van der Waals surface area (Å²) in [5, 5.41) is 3.46. The van der Waals surface area contributed by atoms with Crippen LogP contribution in [0.2, 0.25) is 5.02 Å².